The highest BCUT2D eigenvalue weighted by atomic mass is 16.2. The monoisotopic (exact) mass is 247 g/mol. The lowest BCUT2D eigenvalue weighted by molar-refractivity contribution is 0.0636. The van der Waals surface area contributed by atoms with Crippen LogP contribution in [-0.2, 0) is 0 Å². The molecule has 2 heterocycles. The van der Waals surface area contributed by atoms with Crippen LogP contribution >= 0.6 is 0 Å². The maximum atomic E-state index is 12.6. The maximum Gasteiger partial charge on any atom is 0.257 e. The summed E-state index contributed by atoms with van der Waals surface area (Å²) in [5, 5.41) is 3.15. The number of nitrogens with zero attached hydrogens (tertiary/aromatic N) is 2. The number of nitrogens with one attached hydrogen (secondary N) is 1. The molecule has 4 nitrogen and oxygen atoms in total. The number of carbonyl (C=O) groups excluding carboxylic acids is 1. The van der Waals surface area contributed by atoms with Gasteiger partial charge in [-0.2, -0.15) is 0 Å². The van der Waals surface area contributed by atoms with Crippen LogP contribution in [0.25, 0.3) is 0 Å². The predicted octanol–water partition coefficient (Wildman–Crippen LogP) is 2.53. The van der Waals surface area contributed by atoms with Crippen LogP contribution in [0.15, 0.2) is 18.3 Å². The zero-order valence-electron chi connectivity index (χ0n) is 11.1. The molecule has 1 unspecified atom stereocenters. The van der Waals surface area contributed by atoms with Crippen LogP contribution < -0.4 is 5.32 Å². The molecule has 0 radical (unpaired) electrons. The molecule has 1 amide bonds. The second-order valence-electron chi connectivity index (χ2n) is 4.77. The summed E-state index contributed by atoms with van der Waals surface area (Å²) in [7, 11) is 0. The summed E-state index contributed by atoms with van der Waals surface area (Å²) < 4.78 is 0. The summed E-state index contributed by atoms with van der Waals surface area (Å²) in [5.74, 6) is 0.800. The molecule has 1 atom stereocenters. The molecule has 0 aromatic carbocycles. The van der Waals surface area contributed by atoms with Crippen LogP contribution in [0.2, 0.25) is 0 Å². The van der Waals surface area contributed by atoms with Gasteiger partial charge in [-0.25, -0.2) is 4.98 Å². The number of aromatic nitrogens is 1. The van der Waals surface area contributed by atoms with Gasteiger partial charge in [0.2, 0.25) is 0 Å². The van der Waals surface area contributed by atoms with Crippen molar-refractivity contribution in [2.75, 3.05) is 18.4 Å². The van der Waals surface area contributed by atoms with Crippen molar-refractivity contribution in [3.05, 3.63) is 23.9 Å². The topological polar surface area (TPSA) is 45.2 Å². The fraction of sp³-hybridized carbons (Fsp3) is 0.571. The van der Waals surface area contributed by atoms with E-state index in [1.165, 1.54) is 6.42 Å². The van der Waals surface area contributed by atoms with E-state index in [0.29, 0.717) is 17.4 Å². The third kappa shape index (κ3) is 2.63. The molecule has 1 saturated heterocycles. The van der Waals surface area contributed by atoms with Gasteiger partial charge in [-0.05, 0) is 45.2 Å². The molecule has 1 fully saturated rings. The van der Waals surface area contributed by atoms with Crippen molar-refractivity contribution in [2.45, 2.75) is 39.2 Å². The third-order valence-corrected chi connectivity index (χ3v) is 3.45. The average Bonchev–Trinajstić information content (AvgIpc) is 2.40. The summed E-state index contributed by atoms with van der Waals surface area (Å²) >= 11 is 0. The Kier molecular flexibility index (Phi) is 4.18. The molecule has 4 heteroatoms. The second-order valence-corrected chi connectivity index (χ2v) is 4.77. The van der Waals surface area contributed by atoms with Gasteiger partial charge in [-0.3, -0.25) is 4.79 Å². The van der Waals surface area contributed by atoms with E-state index < -0.39 is 0 Å². The van der Waals surface area contributed by atoms with Crippen molar-refractivity contribution < 1.29 is 4.79 Å². The van der Waals surface area contributed by atoms with Crippen LogP contribution in [0.1, 0.15) is 43.5 Å². The van der Waals surface area contributed by atoms with Crippen molar-refractivity contribution in [2.24, 2.45) is 0 Å². The van der Waals surface area contributed by atoms with Crippen molar-refractivity contribution in [3.8, 4) is 0 Å². The van der Waals surface area contributed by atoms with Gasteiger partial charge in [0.1, 0.15) is 5.82 Å². The molecule has 18 heavy (non-hydrogen) atoms. The van der Waals surface area contributed by atoms with Crippen LogP contribution in [0.5, 0.6) is 0 Å². The molecular formula is C14H21N3O. The third-order valence-electron chi connectivity index (χ3n) is 3.45. The number of rotatable bonds is 3. The quantitative estimate of drug-likeness (QED) is 0.892. The summed E-state index contributed by atoms with van der Waals surface area (Å²) in [6.07, 6.45) is 5.14. The van der Waals surface area contributed by atoms with Gasteiger partial charge in [0, 0.05) is 25.3 Å². The Balaban J connectivity index is 2.22. The van der Waals surface area contributed by atoms with Gasteiger partial charge >= 0.3 is 0 Å². The van der Waals surface area contributed by atoms with E-state index in [2.05, 4.69) is 17.2 Å². The fourth-order valence-corrected chi connectivity index (χ4v) is 2.44. The molecule has 1 aromatic rings. The minimum Gasteiger partial charge on any atom is -0.370 e. The highest BCUT2D eigenvalue weighted by Gasteiger charge is 2.25. The van der Waals surface area contributed by atoms with Gasteiger partial charge in [-0.15, -0.1) is 0 Å². The standard InChI is InChI=1S/C14H21N3O/c1-3-15-13-12(8-6-9-16-13)14(18)17-10-5-4-7-11(17)2/h6,8-9,11H,3-5,7,10H2,1-2H3,(H,15,16). The number of carbonyl (C=O) groups is 1. The van der Waals surface area contributed by atoms with Crippen molar-refractivity contribution in [3.63, 3.8) is 0 Å². The maximum absolute atomic E-state index is 12.6. The highest BCUT2D eigenvalue weighted by molar-refractivity contribution is 5.98. The van der Waals surface area contributed by atoms with Crippen molar-refractivity contribution in [1.29, 1.82) is 0 Å². The number of hydrogen-bond acceptors (Lipinski definition) is 3. The van der Waals surface area contributed by atoms with Crippen LogP contribution in [0.4, 0.5) is 5.82 Å². The minimum atomic E-state index is 0.103. The van der Waals surface area contributed by atoms with E-state index >= 15 is 0 Å². The zero-order chi connectivity index (χ0) is 13.0. The molecule has 0 spiro atoms. The highest BCUT2D eigenvalue weighted by Crippen LogP contribution is 2.21. The van der Waals surface area contributed by atoms with E-state index in [1.807, 2.05) is 24.0 Å². The summed E-state index contributed by atoms with van der Waals surface area (Å²) in [6, 6.07) is 4.01. The molecular weight excluding hydrogens is 226 g/mol. The Morgan fingerprint density at radius 2 is 2.39 bits per heavy atom. The van der Waals surface area contributed by atoms with Gasteiger partial charge in [0.05, 0.1) is 5.56 Å². The SMILES string of the molecule is CCNc1ncccc1C(=O)N1CCCCC1C. The number of piperidine rings is 1. The lowest BCUT2D eigenvalue weighted by Gasteiger charge is -2.33. The zero-order valence-corrected chi connectivity index (χ0v) is 11.1. The lowest BCUT2D eigenvalue weighted by atomic mass is 10.0. The van der Waals surface area contributed by atoms with E-state index in [0.717, 1.165) is 25.9 Å². The molecule has 1 N–H and O–H groups in total. The van der Waals surface area contributed by atoms with Crippen LogP contribution in [-0.4, -0.2) is 34.9 Å². The molecule has 0 saturated carbocycles. The molecule has 2 rings (SSSR count). The summed E-state index contributed by atoms with van der Waals surface area (Å²) in [5.41, 5.74) is 0.688. The summed E-state index contributed by atoms with van der Waals surface area (Å²) in [4.78, 5) is 18.8. The number of hydrogen-bond donors (Lipinski definition) is 1. The van der Waals surface area contributed by atoms with E-state index in [4.69, 9.17) is 0 Å². The van der Waals surface area contributed by atoms with Gasteiger partial charge in [-0.1, -0.05) is 0 Å². The molecule has 1 aliphatic heterocycles. The smallest absolute Gasteiger partial charge is 0.257 e. The Hall–Kier alpha value is -1.58. The molecule has 0 aliphatic carbocycles. The Bertz CT molecular complexity index is 419. The summed E-state index contributed by atoms with van der Waals surface area (Å²) in [6.45, 7) is 5.76. The Morgan fingerprint density at radius 3 is 3.11 bits per heavy atom. The largest absolute Gasteiger partial charge is 0.370 e. The van der Waals surface area contributed by atoms with Gasteiger partial charge < -0.3 is 10.2 Å². The van der Waals surface area contributed by atoms with Crippen molar-refractivity contribution in [1.82, 2.24) is 9.88 Å². The van der Waals surface area contributed by atoms with E-state index in [1.54, 1.807) is 6.20 Å². The molecule has 1 aliphatic rings. The second kappa shape index (κ2) is 5.85. The Labute approximate surface area is 108 Å². The first kappa shape index (κ1) is 12.9. The molecule has 0 bridgehead atoms. The molecule has 1 aromatic heterocycles. The first-order chi connectivity index (χ1) is 8.74. The number of amides is 1. The number of pyridine rings is 1. The molecule has 98 valence electrons. The van der Waals surface area contributed by atoms with Crippen molar-refractivity contribution >= 4 is 11.7 Å². The van der Waals surface area contributed by atoms with Gasteiger partial charge in [0.15, 0.2) is 0 Å². The normalized spacial score (nSPS) is 19.7. The van der Waals surface area contributed by atoms with Crippen LogP contribution in [0, 0.1) is 0 Å². The van der Waals surface area contributed by atoms with E-state index in [9.17, 15) is 4.79 Å². The fourth-order valence-electron chi connectivity index (χ4n) is 2.44. The van der Waals surface area contributed by atoms with Crippen LogP contribution in [0.3, 0.4) is 0 Å². The lowest BCUT2D eigenvalue weighted by Crippen LogP contribution is -2.42. The number of anilines is 1. The Morgan fingerprint density at radius 1 is 1.56 bits per heavy atom. The first-order valence-electron chi connectivity index (χ1n) is 6.74. The van der Waals surface area contributed by atoms with Gasteiger partial charge in [0.25, 0.3) is 5.91 Å². The minimum absolute atomic E-state index is 0.103. The number of likely N-dealkylation sites (tertiary alicyclic amines) is 1. The first-order valence-corrected chi connectivity index (χ1v) is 6.74. The van der Waals surface area contributed by atoms with E-state index in [-0.39, 0.29) is 5.91 Å². The predicted molar refractivity (Wildman–Crippen MR) is 72.8 cm³/mol. The average molecular weight is 247 g/mol.